The molecule has 0 aliphatic heterocycles. The van der Waals surface area contributed by atoms with Crippen LogP contribution >= 0.6 is 11.6 Å². The number of nitrogens with zero attached hydrogens (tertiary/aromatic N) is 3. The maximum Gasteiger partial charge on any atom is 0.221 e. The Kier molecular flexibility index (Phi) is 2.60. The van der Waals surface area contributed by atoms with Crippen molar-refractivity contribution < 1.29 is 0 Å². The highest BCUT2D eigenvalue weighted by Crippen LogP contribution is 2.19. The van der Waals surface area contributed by atoms with Gasteiger partial charge in [0.1, 0.15) is 0 Å². The van der Waals surface area contributed by atoms with Crippen molar-refractivity contribution in [3.8, 4) is 11.4 Å². The minimum Gasteiger partial charge on any atom is -0.357 e. The molecule has 0 spiro atoms. The summed E-state index contributed by atoms with van der Waals surface area (Å²) in [6.45, 7) is 0. The summed E-state index contributed by atoms with van der Waals surface area (Å²) in [6, 6.07) is 7.45. The number of rotatable bonds is 2. The van der Waals surface area contributed by atoms with Crippen LogP contribution in [0.25, 0.3) is 11.4 Å². The van der Waals surface area contributed by atoms with Gasteiger partial charge in [-0.25, -0.2) is 4.68 Å². The van der Waals surface area contributed by atoms with Gasteiger partial charge in [0.2, 0.25) is 5.95 Å². The molecule has 0 atom stereocenters. The van der Waals surface area contributed by atoms with E-state index in [-0.39, 0.29) is 0 Å². The molecule has 0 unspecified atom stereocenters. The topological polar surface area (TPSA) is 42.7 Å². The highest BCUT2D eigenvalue weighted by Gasteiger charge is 2.07. The summed E-state index contributed by atoms with van der Waals surface area (Å²) in [7, 11) is 3.66. The Balaban J connectivity index is 2.41. The second-order valence-electron chi connectivity index (χ2n) is 3.14. The lowest BCUT2D eigenvalue weighted by molar-refractivity contribution is 0.776. The molecule has 1 aromatic heterocycles. The van der Waals surface area contributed by atoms with E-state index in [9.17, 15) is 0 Å². The Morgan fingerprint density at radius 1 is 1.27 bits per heavy atom. The smallest absolute Gasteiger partial charge is 0.221 e. The predicted molar refractivity (Wildman–Crippen MR) is 61.0 cm³/mol. The summed E-state index contributed by atoms with van der Waals surface area (Å²) in [5, 5.41) is 7.95. The molecule has 4 nitrogen and oxygen atoms in total. The highest BCUT2D eigenvalue weighted by atomic mass is 35.5. The average molecular weight is 223 g/mol. The van der Waals surface area contributed by atoms with Crippen molar-refractivity contribution in [2.75, 3.05) is 12.4 Å². The van der Waals surface area contributed by atoms with Crippen molar-refractivity contribution in [2.45, 2.75) is 0 Å². The molecule has 1 heterocycles. The van der Waals surface area contributed by atoms with Gasteiger partial charge in [-0.2, -0.15) is 4.98 Å². The van der Waals surface area contributed by atoms with Crippen LogP contribution in [-0.4, -0.2) is 21.8 Å². The highest BCUT2D eigenvalue weighted by molar-refractivity contribution is 6.30. The Morgan fingerprint density at radius 3 is 2.47 bits per heavy atom. The van der Waals surface area contributed by atoms with E-state index in [0.29, 0.717) is 10.8 Å². The van der Waals surface area contributed by atoms with Crippen LogP contribution in [0.15, 0.2) is 24.3 Å². The third-order valence-electron chi connectivity index (χ3n) is 2.09. The van der Waals surface area contributed by atoms with Crippen LogP contribution in [0.5, 0.6) is 0 Å². The molecule has 2 aromatic rings. The van der Waals surface area contributed by atoms with Crippen molar-refractivity contribution in [1.29, 1.82) is 0 Å². The molecule has 0 amide bonds. The van der Waals surface area contributed by atoms with Gasteiger partial charge in [0.05, 0.1) is 0 Å². The fourth-order valence-corrected chi connectivity index (χ4v) is 1.45. The molecule has 0 aliphatic rings. The molecule has 0 fully saturated rings. The minimum absolute atomic E-state index is 0.693. The number of aromatic nitrogens is 3. The lowest BCUT2D eigenvalue weighted by Crippen LogP contribution is -1.98. The van der Waals surface area contributed by atoms with E-state index in [4.69, 9.17) is 11.6 Å². The molecule has 0 bridgehead atoms. The molecule has 1 aromatic carbocycles. The predicted octanol–water partition coefficient (Wildman–Crippen LogP) is 2.18. The second kappa shape index (κ2) is 3.90. The first-order valence-electron chi connectivity index (χ1n) is 4.55. The van der Waals surface area contributed by atoms with E-state index in [1.165, 1.54) is 0 Å². The van der Waals surface area contributed by atoms with E-state index in [1.807, 2.05) is 38.4 Å². The lowest BCUT2D eigenvalue weighted by Gasteiger charge is -1.93. The van der Waals surface area contributed by atoms with E-state index in [2.05, 4.69) is 15.4 Å². The standard InChI is InChI=1S/C10H11ClN4/c1-12-10-13-9(14-15(10)2)7-3-5-8(11)6-4-7/h3-6H,1-2H3,(H,12,13,14). The van der Waals surface area contributed by atoms with Crippen molar-refractivity contribution in [3.63, 3.8) is 0 Å². The number of benzene rings is 1. The SMILES string of the molecule is CNc1nc(-c2ccc(Cl)cc2)nn1C. The first-order valence-corrected chi connectivity index (χ1v) is 4.93. The molecular weight excluding hydrogens is 212 g/mol. The van der Waals surface area contributed by atoms with Gasteiger partial charge >= 0.3 is 0 Å². The average Bonchev–Trinajstić information content (AvgIpc) is 2.61. The van der Waals surface area contributed by atoms with Crippen LogP contribution in [0.4, 0.5) is 5.95 Å². The van der Waals surface area contributed by atoms with Crippen LogP contribution in [0.1, 0.15) is 0 Å². The van der Waals surface area contributed by atoms with Gasteiger partial charge in [0.25, 0.3) is 0 Å². The lowest BCUT2D eigenvalue weighted by atomic mass is 10.2. The Hall–Kier alpha value is -1.55. The molecule has 2 rings (SSSR count). The Morgan fingerprint density at radius 2 is 1.93 bits per heavy atom. The summed E-state index contributed by atoms with van der Waals surface area (Å²) in [5.74, 6) is 1.43. The zero-order valence-electron chi connectivity index (χ0n) is 8.53. The number of anilines is 1. The first kappa shape index (κ1) is 9.98. The number of hydrogen-bond donors (Lipinski definition) is 1. The molecule has 0 radical (unpaired) electrons. The summed E-state index contributed by atoms with van der Waals surface area (Å²) in [4.78, 5) is 4.33. The zero-order chi connectivity index (χ0) is 10.8. The third kappa shape index (κ3) is 1.94. The van der Waals surface area contributed by atoms with Gasteiger partial charge in [0.15, 0.2) is 5.82 Å². The van der Waals surface area contributed by atoms with Crippen molar-refractivity contribution in [3.05, 3.63) is 29.3 Å². The van der Waals surface area contributed by atoms with Gasteiger partial charge in [-0.1, -0.05) is 11.6 Å². The van der Waals surface area contributed by atoms with Crippen LogP contribution in [0.2, 0.25) is 5.02 Å². The van der Waals surface area contributed by atoms with E-state index in [0.717, 1.165) is 11.5 Å². The van der Waals surface area contributed by atoms with Crippen LogP contribution in [0, 0.1) is 0 Å². The summed E-state index contributed by atoms with van der Waals surface area (Å²) in [5.41, 5.74) is 0.955. The number of halogens is 1. The summed E-state index contributed by atoms with van der Waals surface area (Å²) >= 11 is 5.80. The molecule has 5 heteroatoms. The molecule has 0 saturated heterocycles. The van der Waals surface area contributed by atoms with Crippen LogP contribution in [0.3, 0.4) is 0 Å². The number of nitrogens with one attached hydrogen (secondary N) is 1. The third-order valence-corrected chi connectivity index (χ3v) is 2.34. The van der Waals surface area contributed by atoms with E-state index in [1.54, 1.807) is 4.68 Å². The number of hydrogen-bond acceptors (Lipinski definition) is 3. The molecule has 1 N–H and O–H groups in total. The second-order valence-corrected chi connectivity index (χ2v) is 3.58. The van der Waals surface area contributed by atoms with E-state index < -0.39 is 0 Å². The first-order chi connectivity index (χ1) is 7.20. The summed E-state index contributed by atoms with van der Waals surface area (Å²) in [6.07, 6.45) is 0. The fraction of sp³-hybridized carbons (Fsp3) is 0.200. The maximum atomic E-state index is 5.80. The Bertz CT molecular complexity index is 461. The number of aryl methyl sites for hydroxylation is 1. The van der Waals surface area contributed by atoms with Crippen molar-refractivity contribution in [1.82, 2.24) is 14.8 Å². The maximum absolute atomic E-state index is 5.80. The Labute approximate surface area is 92.9 Å². The molecule has 15 heavy (non-hydrogen) atoms. The van der Waals surface area contributed by atoms with Crippen molar-refractivity contribution in [2.24, 2.45) is 7.05 Å². The van der Waals surface area contributed by atoms with Gasteiger partial charge in [-0.15, -0.1) is 5.10 Å². The largest absolute Gasteiger partial charge is 0.357 e. The summed E-state index contributed by atoms with van der Waals surface area (Å²) < 4.78 is 1.70. The minimum atomic E-state index is 0.693. The molecule has 0 saturated carbocycles. The van der Waals surface area contributed by atoms with Crippen LogP contribution < -0.4 is 5.32 Å². The van der Waals surface area contributed by atoms with Gasteiger partial charge in [-0.3, -0.25) is 0 Å². The monoisotopic (exact) mass is 222 g/mol. The van der Waals surface area contributed by atoms with Crippen LogP contribution in [-0.2, 0) is 7.05 Å². The zero-order valence-corrected chi connectivity index (χ0v) is 9.28. The molecule has 78 valence electrons. The van der Waals surface area contributed by atoms with E-state index >= 15 is 0 Å². The fourth-order valence-electron chi connectivity index (χ4n) is 1.32. The molecule has 0 aliphatic carbocycles. The molecular formula is C10H11ClN4. The van der Waals surface area contributed by atoms with Gasteiger partial charge in [0, 0.05) is 24.7 Å². The quantitative estimate of drug-likeness (QED) is 0.847. The van der Waals surface area contributed by atoms with Gasteiger partial charge in [-0.05, 0) is 24.3 Å². The van der Waals surface area contributed by atoms with Gasteiger partial charge < -0.3 is 5.32 Å². The van der Waals surface area contributed by atoms with Crippen molar-refractivity contribution >= 4 is 17.5 Å². The normalized spacial score (nSPS) is 10.3.